The molecule has 1 rings (SSSR count). The van der Waals surface area contributed by atoms with Crippen molar-refractivity contribution in [1.82, 2.24) is 10.2 Å². The van der Waals surface area contributed by atoms with E-state index < -0.39 is 11.9 Å². The Morgan fingerprint density at radius 1 is 1.29 bits per heavy atom. The molecule has 0 aliphatic rings. The van der Waals surface area contributed by atoms with Crippen molar-refractivity contribution in [3.63, 3.8) is 0 Å². The van der Waals surface area contributed by atoms with Gasteiger partial charge in [0.05, 0.1) is 13.2 Å². The van der Waals surface area contributed by atoms with Crippen LogP contribution in [0.15, 0.2) is 30.3 Å². The van der Waals surface area contributed by atoms with Crippen molar-refractivity contribution in [3.05, 3.63) is 35.9 Å². The highest BCUT2D eigenvalue weighted by Gasteiger charge is 2.23. The maximum absolute atomic E-state index is 11.8. The van der Waals surface area contributed by atoms with E-state index in [-0.39, 0.29) is 25.1 Å². The van der Waals surface area contributed by atoms with E-state index in [1.165, 1.54) is 0 Å². The molecule has 1 aromatic carbocycles. The second-order valence-electron chi connectivity index (χ2n) is 5.30. The van der Waals surface area contributed by atoms with Gasteiger partial charge < -0.3 is 10.8 Å². The van der Waals surface area contributed by atoms with Crippen molar-refractivity contribution >= 4 is 11.9 Å². The molecule has 0 saturated heterocycles. The number of benzene rings is 1. The summed E-state index contributed by atoms with van der Waals surface area (Å²) in [5, 5.41) is 11.6. The van der Waals surface area contributed by atoms with Gasteiger partial charge in [-0.2, -0.15) is 0 Å². The van der Waals surface area contributed by atoms with Crippen molar-refractivity contribution in [2.75, 3.05) is 13.2 Å². The molecule has 0 aliphatic carbocycles. The lowest BCUT2D eigenvalue weighted by molar-refractivity contribution is -0.122. The van der Waals surface area contributed by atoms with Crippen LogP contribution in [0, 0.1) is 5.92 Å². The minimum atomic E-state index is -0.871. The number of rotatable bonds is 7. The highest BCUT2D eigenvalue weighted by atomic mass is 16.3. The smallest absolute Gasteiger partial charge is 0.318 e. The number of nitrogens with two attached hydrogens (primary N) is 1. The van der Waals surface area contributed by atoms with E-state index in [1.54, 1.807) is 0 Å². The van der Waals surface area contributed by atoms with Crippen molar-refractivity contribution in [2.24, 2.45) is 11.7 Å². The molecule has 6 heteroatoms. The van der Waals surface area contributed by atoms with Gasteiger partial charge in [0.25, 0.3) is 0 Å². The predicted molar refractivity (Wildman–Crippen MR) is 80.3 cm³/mol. The Bertz CT molecular complexity index is 462. The van der Waals surface area contributed by atoms with Crippen molar-refractivity contribution in [3.8, 4) is 0 Å². The summed E-state index contributed by atoms with van der Waals surface area (Å²) in [6.07, 6.45) is 0. The number of nitrogens with one attached hydrogen (secondary N) is 1. The number of carbonyl (C=O) groups excluding carboxylic acids is 2. The number of hydrogen-bond donors (Lipinski definition) is 3. The molecule has 6 nitrogen and oxygen atoms in total. The van der Waals surface area contributed by atoms with Gasteiger partial charge in [0.2, 0.25) is 5.91 Å². The fraction of sp³-hybridized carbons (Fsp3) is 0.467. The molecule has 0 aromatic heterocycles. The van der Waals surface area contributed by atoms with Gasteiger partial charge in [-0.25, -0.2) is 4.79 Å². The van der Waals surface area contributed by atoms with Gasteiger partial charge >= 0.3 is 6.03 Å². The van der Waals surface area contributed by atoms with E-state index >= 15 is 0 Å². The molecule has 0 bridgehead atoms. The molecule has 1 unspecified atom stereocenters. The first-order chi connectivity index (χ1) is 9.93. The number of amides is 3. The second kappa shape index (κ2) is 8.39. The Hall–Kier alpha value is -1.92. The van der Waals surface area contributed by atoms with Gasteiger partial charge in [0.15, 0.2) is 0 Å². The topological polar surface area (TPSA) is 95.7 Å². The average molecular weight is 293 g/mol. The van der Waals surface area contributed by atoms with Crippen LogP contribution in [-0.2, 0) is 11.3 Å². The summed E-state index contributed by atoms with van der Waals surface area (Å²) in [6, 6.07) is 8.61. The van der Waals surface area contributed by atoms with Crippen LogP contribution in [0.5, 0.6) is 0 Å². The van der Waals surface area contributed by atoms with Crippen LogP contribution >= 0.6 is 0 Å². The van der Waals surface area contributed by atoms with Gasteiger partial charge in [-0.1, -0.05) is 44.2 Å². The van der Waals surface area contributed by atoms with Gasteiger partial charge in [0.1, 0.15) is 0 Å². The molecular weight excluding hydrogens is 270 g/mol. The number of aliphatic hydroxyl groups excluding tert-OH is 1. The molecule has 21 heavy (non-hydrogen) atoms. The quantitative estimate of drug-likeness (QED) is 0.689. The normalized spacial score (nSPS) is 12.4. The lowest BCUT2D eigenvalue weighted by atomic mass is 10.0. The molecule has 0 fully saturated rings. The third-order valence-corrected chi connectivity index (χ3v) is 3.26. The Kier molecular flexibility index (Phi) is 6.84. The summed E-state index contributed by atoms with van der Waals surface area (Å²) in [7, 11) is 0. The summed E-state index contributed by atoms with van der Waals surface area (Å²) in [4.78, 5) is 24.4. The molecule has 4 N–H and O–H groups in total. The second-order valence-corrected chi connectivity index (χ2v) is 5.30. The van der Waals surface area contributed by atoms with Crippen LogP contribution in [0.1, 0.15) is 19.4 Å². The molecule has 0 aliphatic heterocycles. The molecule has 3 amide bonds. The first-order valence-corrected chi connectivity index (χ1v) is 6.92. The minimum absolute atomic E-state index is 0.00123. The monoisotopic (exact) mass is 293 g/mol. The fourth-order valence-corrected chi connectivity index (χ4v) is 2.22. The van der Waals surface area contributed by atoms with E-state index in [0.29, 0.717) is 6.54 Å². The Balaban J connectivity index is 2.83. The molecule has 1 atom stereocenters. The van der Waals surface area contributed by atoms with Gasteiger partial charge in [-0.05, 0) is 11.5 Å². The molecule has 0 heterocycles. The number of urea groups is 1. The van der Waals surface area contributed by atoms with E-state index in [9.17, 15) is 14.7 Å². The number of aliphatic hydroxyl groups is 1. The first-order valence-electron chi connectivity index (χ1n) is 6.92. The maximum atomic E-state index is 11.8. The maximum Gasteiger partial charge on any atom is 0.318 e. The minimum Gasteiger partial charge on any atom is -0.395 e. The van der Waals surface area contributed by atoms with Crippen LogP contribution < -0.4 is 11.1 Å². The zero-order valence-corrected chi connectivity index (χ0v) is 12.5. The summed E-state index contributed by atoms with van der Waals surface area (Å²) in [6.45, 7) is 4.40. The third kappa shape index (κ3) is 5.93. The molecular formula is C15H23N3O3. The van der Waals surface area contributed by atoms with Crippen LogP contribution in [0.4, 0.5) is 4.79 Å². The van der Waals surface area contributed by atoms with E-state index in [2.05, 4.69) is 5.32 Å². The number of nitrogens with zero attached hydrogens (tertiary/aromatic N) is 1. The lowest BCUT2D eigenvalue weighted by Gasteiger charge is -2.32. The van der Waals surface area contributed by atoms with Crippen LogP contribution in [0.2, 0.25) is 0 Å². The van der Waals surface area contributed by atoms with Crippen molar-refractivity contribution in [2.45, 2.75) is 26.4 Å². The van der Waals surface area contributed by atoms with Crippen LogP contribution in [0.3, 0.4) is 0 Å². The molecule has 116 valence electrons. The molecule has 1 aromatic rings. The predicted octanol–water partition coefficient (Wildman–Crippen LogP) is 0.700. The highest BCUT2D eigenvalue weighted by molar-refractivity contribution is 5.94. The zero-order chi connectivity index (χ0) is 15.8. The first kappa shape index (κ1) is 17.1. The largest absolute Gasteiger partial charge is 0.395 e. The SMILES string of the molecule is CC(C)C(CO)N(CC(=O)NC(N)=O)Cc1ccccc1. The number of primary amides is 1. The Morgan fingerprint density at radius 2 is 1.90 bits per heavy atom. The number of hydrogen-bond acceptors (Lipinski definition) is 4. The third-order valence-electron chi connectivity index (χ3n) is 3.26. The number of imide groups is 1. The highest BCUT2D eigenvalue weighted by Crippen LogP contribution is 2.14. The van der Waals surface area contributed by atoms with Crippen molar-refractivity contribution in [1.29, 1.82) is 0 Å². The fourth-order valence-electron chi connectivity index (χ4n) is 2.22. The van der Waals surface area contributed by atoms with Gasteiger partial charge in [0, 0.05) is 12.6 Å². The zero-order valence-electron chi connectivity index (χ0n) is 12.5. The summed E-state index contributed by atoms with van der Waals surface area (Å²) in [5.74, 6) is -0.308. The standard InChI is InChI=1S/C15H23N3O3/c1-11(2)13(10-19)18(9-14(20)17-15(16)21)8-12-6-4-3-5-7-12/h3-7,11,13,19H,8-10H2,1-2H3,(H3,16,17,20,21). The van der Waals surface area contributed by atoms with Crippen LogP contribution in [-0.4, -0.2) is 41.1 Å². The average Bonchev–Trinajstić information content (AvgIpc) is 2.39. The Labute approximate surface area is 124 Å². The lowest BCUT2D eigenvalue weighted by Crippen LogP contribution is -2.48. The number of carbonyl (C=O) groups is 2. The van der Waals surface area contributed by atoms with E-state index in [0.717, 1.165) is 5.56 Å². The molecule has 0 saturated carbocycles. The summed E-state index contributed by atoms with van der Waals surface area (Å²) < 4.78 is 0. The van der Waals surface area contributed by atoms with Gasteiger partial charge in [-0.15, -0.1) is 0 Å². The Morgan fingerprint density at radius 3 is 2.38 bits per heavy atom. The molecule has 0 radical (unpaired) electrons. The summed E-state index contributed by atoms with van der Waals surface area (Å²) in [5.41, 5.74) is 5.98. The van der Waals surface area contributed by atoms with Gasteiger partial charge in [-0.3, -0.25) is 15.0 Å². The van der Waals surface area contributed by atoms with E-state index in [1.807, 2.05) is 49.1 Å². The molecule has 0 spiro atoms. The summed E-state index contributed by atoms with van der Waals surface area (Å²) >= 11 is 0. The van der Waals surface area contributed by atoms with E-state index in [4.69, 9.17) is 5.73 Å². The van der Waals surface area contributed by atoms with Crippen LogP contribution in [0.25, 0.3) is 0 Å². The van der Waals surface area contributed by atoms with Crippen molar-refractivity contribution < 1.29 is 14.7 Å².